The summed E-state index contributed by atoms with van der Waals surface area (Å²) < 4.78 is 0. The Morgan fingerprint density at radius 2 is 2.30 bits per heavy atom. The van der Waals surface area contributed by atoms with Crippen molar-refractivity contribution in [2.45, 2.75) is 31.7 Å². The molecular weight excluding hydrogens is 274 g/mol. The Labute approximate surface area is 124 Å². The van der Waals surface area contributed by atoms with Gasteiger partial charge in [0.25, 0.3) is 0 Å². The van der Waals surface area contributed by atoms with Crippen molar-refractivity contribution in [1.29, 1.82) is 0 Å². The minimum absolute atomic E-state index is 0.0168. The number of carbonyl (C=O) groups is 1. The molecule has 0 saturated carbocycles. The van der Waals surface area contributed by atoms with Gasteiger partial charge in [-0.25, -0.2) is 0 Å². The Kier molecular flexibility index (Phi) is 5.62. The third-order valence-electron chi connectivity index (χ3n) is 3.64. The smallest absolute Gasteiger partial charge is 0.246 e. The van der Waals surface area contributed by atoms with Gasteiger partial charge in [0.05, 0.1) is 0 Å². The number of nitrogens with zero attached hydrogens (tertiary/aromatic N) is 1. The Balaban J connectivity index is 2.02. The maximum absolute atomic E-state index is 12.3. The van der Waals surface area contributed by atoms with Gasteiger partial charge in [0.2, 0.25) is 5.91 Å². The van der Waals surface area contributed by atoms with Crippen molar-refractivity contribution in [2.24, 2.45) is 0 Å². The molecular formula is C16H20ClNO2. The van der Waals surface area contributed by atoms with E-state index in [1.54, 1.807) is 12.2 Å². The lowest BCUT2D eigenvalue weighted by Crippen LogP contribution is -2.43. The number of hydrogen-bond acceptors (Lipinski definition) is 2. The summed E-state index contributed by atoms with van der Waals surface area (Å²) in [5.74, 6) is 0.0168. The van der Waals surface area contributed by atoms with Gasteiger partial charge in [-0.2, -0.15) is 0 Å². The highest BCUT2D eigenvalue weighted by Crippen LogP contribution is 2.20. The molecule has 1 aliphatic rings. The molecule has 4 heteroatoms. The van der Waals surface area contributed by atoms with Crippen LogP contribution in [0.15, 0.2) is 30.3 Å². The second kappa shape index (κ2) is 7.46. The van der Waals surface area contributed by atoms with Crippen LogP contribution in [0.5, 0.6) is 0 Å². The van der Waals surface area contributed by atoms with Crippen LogP contribution in [-0.4, -0.2) is 35.1 Å². The molecule has 0 radical (unpaired) electrons. The molecule has 0 aromatic heterocycles. The van der Waals surface area contributed by atoms with Crippen molar-refractivity contribution in [3.05, 3.63) is 40.9 Å². The SMILES string of the molecule is O=C(/C=C/c1cccc(Cl)c1)N1CCCCC1CCO. The lowest BCUT2D eigenvalue weighted by atomic mass is 9.99. The first-order chi connectivity index (χ1) is 9.70. The molecule has 1 fully saturated rings. The number of aliphatic hydroxyl groups excluding tert-OH is 1. The molecule has 1 aromatic carbocycles. The van der Waals surface area contributed by atoms with E-state index in [1.807, 2.05) is 29.2 Å². The van der Waals surface area contributed by atoms with Crippen LogP contribution in [0.1, 0.15) is 31.2 Å². The monoisotopic (exact) mass is 293 g/mol. The molecule has 1 aliphatic heterocycles. The summed E-state index contributed by atoms with van der Waals surface area (Å²) in [4.78, 5) is 14.1. The van der Waals surface area contributed by atoms with Crippen LogP contribution in [-0.2, 0) is 4.79 Å². The molecule has 0 spiro atoms. The van der Waals surface area contributed by atoms with Crippen LogP contribution in [0.25, 0.3) is 6.08 Å². The fourth-order valence-electron chi connectivity index (χ4n) is 2.61. The normalized spacial score (nSPS) is 19.5. The molecule has 0 aliphatic carbocycles. The van der Waals surface area contributed by atoms with Gasteiger partial charge in [-0.1, -0.05) is 23.7 Å². The van der Waals surface area contributed by atoms with E-state index in [1.165, 1.54) is 0 Å². The number of amides is 1. The van der Waals surface area contributed by atoms with E-state index in [4.69, 9.17) is 16.7 Å². The Morgan fingerprint density at radius 1 is 1.45 bits per heavy atom. The first-order valence-electron chi connectivity index (χ1n) is 7.06. The Hall–Kier alpha value is -1.32. The lowest BCUT2D eigenvalue weighted by Gasteiger charge is -2.34. The molecule has 20 heavy (non-hydrogen) atoms. The number of rotatable bonds is 4. The number of benzene rings is 1. The van der Waals surface area contributed by atoms with Crippen molar-refractivity contribution in [3.8, 4) is 0 Å². The Bertz CT molecular complexity index is 485. The number of hydrogen-bond donors (Lipinski definition) is 1. The molecule has 1 atom stereocenters. The zero-order valence-electron chi connectivity index (χ0n) is 11.5. The first-order valence-corrected chi connectivity index (χ1v) is 7.43. The highest BCUT2D eigenvalue weighted by atomic mass is 35.5. The molecule has 1 unspecified atom stereocenters. The summed E-state index contributed by atoms with van der Waals surface area (Å²) >= 11 is 5.92. The summed E-state index contributed by atoms with van der Waals surface area (Å²) in [6, 6.07) is 7.58. The van der Waals surface area contributed by atoms with Gasteiger partial charge in [0.15, 0.2) is 0 Å². The van der Waals surface area contributed by atoms with E-state index in [9.17, 15) is 4.79 Å². The van der Waals surface area contributed by atoms with Crippen molar-refractivity contribution >= 4 is 23.6 Å². The van der Waals surface area contributed by atoms with Gasteiger partial charge >= 0.3 is 0 Å². The van der Waals surface area contributed by atoms with Crippen LogP contribution in [0.4, 0.5) is 0 Å². The van der Waals surface area contributed by atoms with Crippen LogP contribution >= 0.6 is 11.6 Å². The van der Waals surface area contributed by atoms with E-state index in [0.717, 1.165) is 31.4 Å². The molecule has 1 saturated heterocycles. The maximum atomic E-state index is 12.3. The number of halogens is 1. The van der Waals surface area contributed by atoms with Crippen molar-refractivity contribution in [3.63, 3.8) is 0 Å². The highest BCUT2D eigenvalue weighted by Gasteiger charge is 2.24. The van der Waals surface area contributed by atoms with E-state index >= 15 is 0 Å². The van der Waals surface area contributed by atoms with Gasteiger partial charge in [-0.05, 0) is 49.5 Å². The lowest BCUT2D eigenvalue weighted by molar-refractivity contribution is -0.129. The molecule has 1 amide bonds. The molecule has 108 valence electrons. The maximum Gasteiger partial charge on any atom is 0.246 e. The number of likely N-dealkylation sites (tertiary alicyclic amines) is 1. The van der Waals surface area contributed by atoms with Gasteiger partial charge in [-0.15, -0.1) is 0 Å². The molecule has 1 aromatic rings. The van der Waals surface area contributed by atoms with Crippen LogP contribution in [0.3, 0.4) is 0 Å². The summed E-state index contributed by atoms with van der Waals surface area (Å²) in [5.41, 5.74) is 0.918. The molecule has 1 N–H and O–H groups in total. The Morgan fingerprint density at radius 3 is 3.05 bits per heavy atom. The second-order valence-electron chi connectivity index (χ2n) is 5.08. The summed E-state index contributed by atoms with van der Waals surface area (Å²) in [7, 11) is 0. The number of piperidine rings is 1. The van der Waals surface area contributed by atoms with E-state index < -0.39 is 0 Å². The average Bonchev–Trinajstić information content (AvgIpc) is 2.46. The summed E-state index contributed by atoms with van der Waals surface area (Å²) in [5, 5.41) is 9.75. The van der Waals surface area contributed by atoms with Crippen LogP contribution < -0.4 is 0 Å². The van der Waals surface area contributed by atoms with Gasteiger partial charge in [0.1, 0.15) is 0 Å². The van der Waals surface area contributed by atoms with E-state index in [-0.39, 0.29) is 18.6 Å². The molecule has 0 bridgehead atoms. The second-order valence-corrected chi connectivity index (χ2v) is 5.52. The average molecular weight is 294 g/mol. The standard InChI is InChI=1S/C16H20ClNO2/c17-14-5-3-4-13(12-14)7-8-16(20)18-10-2-1-6-15(18)9-11-19/h3-5,7-8,12,15,19H,1-2,6,9-11H2/b8-7+. The molecule has 2 rings (SSSR count). The minimum atomic E-state index is 0.0168. The first kappa shape index (κ1) is 15.1. The largest absolute Gasteiger partial charge is 0.396 e. The van der Waals surface area contributed by atoms with Crippen molar-refractivity contribution in [2.75, 3.05) is 13.2 Å². The van der Waals surface area contributed by atoms with E-state index in [2.05, 4.69) is 0 Å². The topological polar surface area (TPSA) is 40.5 Å². The highest BCUT2D eigenvalue weighted by molar-refractivity contribution is 6.30. The number of aliphatic hydroxyl groups is 1. The summed E-state index contributed by atoms with van der Waals surface area (Å²) in [6.45, 7) is 0.913. The predicted molar refractivity (Wildman–Crippen MR) is 81.5 cm³/mol. The third kappa shape index (κ3) is 4.09. The zero-order valence-corrected chi connectivity index (χ0v) is 12.2. The van der Waals surface area contributed by atoms with Crippen LogP contribution in [0, 0.1) is 0 Å². The fourth-order valence-corrected chi connectivity index (χ4v) is 2.81. The predicted octanol–water partition coefficient (Wildman–Crippen LogP) is 3.12. The van der Waals surface area contributed by atoms with Crippen molar-refractivity contribution < 1.29 is 9.90 Å². The number of carbonyl (C=O) groups excluding carboxylic acids is 1. The molecule has 3 nitrogen and oxygen atoms in total. The summed E-state index contributed by atoms with van der Waals surface area (Å²) in [6.07, 6.45) is 7.21. The van der Waals surface area contributed by atoms with Crippen molar-refractivity contribution in [1.82, 2.24) is 4.90 Å². The molecule has 1 heterocycles. The third-order valence-corrected chi connectivity index (χ3v) is 3.87. The quantitative estimate of drug-likeness (QED) is 0.867. The fraction of sp³-hybridized carbons (Fsp3) is 0.438. The minimum Gasteiger partial charge on any atom is -0.396 e. The van der Waals surface area contributed by atoms with Gasteiger partial charge in [0, 0.05) is 30.3 Å². The zero-order chi connectivity index (χ0) is 14.4. The van der Waals surface area contributed by atoms with Gasteiger partial charge < -0.3 is 10.0 Å². The van der Waals surface area contributed by atoms with E-state index in [0.29, 0.717) is 11.4 Å². The van der Waals surface area contributed by atoms with Gasteiger partial charge in [-0.3, -0.25) is 4.79 Å². The van der Waals surface area contributed by atoms with Crippen LogP contribution in [0.2, 0.25) is 5.02 Å².